The lowest BCUT2D eigenvalue weighted by Gasteiger charge is -2.40. The predicted molar refractivity (Wildman–Crippen MR) is 118 cm³/mol. The Bertz CT molecular complexity index is 682. The van der Waals surface area contributed by atoms with E-state index in [2.05, 4.69) is 26.0 Å². The molecule has 0 nitrogen and oxygen atoms in total. The highest BCUT2D eigenvalue weighted by molar-refractivity contribution is 5.17. The summed E-state index contributed by atoms with van der Waals surface area (Å²) in [5.74, 6) is 0.726. The van der Waals surface area contributed by atoms with Gasteiger partial charge in [0, 0.05) is 17.8 Å². The maximum Gasteiger partial charge on any atom is 0.135 e. The molecule has 0 aromatic heterocycles. The Morgan fingerprint density at radius 1 is 0.700 bits per heavy atom. The van der Waals surface area contributed by atoms with Gasteiger partial charge in [-0.25, -0.2) is 13.2 Å². The van der Waals surface area contributed by atoms with Crippen LogP contribution in [0.3, 0.4) is 0 Å². The van der Waals surface area contributed by atoms with Crippen molar-refractivity contribution in [2.75, 3.05) is 0 Å². The van der Waals surface area contributed by atoms with Crippen LogP contribution in [-0.2, 0) is 0 Å². The molecule has 6 atom stereocenters. The Hall–Kier alpha value is -0.990. The summed E-state index contributed by atoms with van der Waals surface area (Å²) in [5.41, 5.74) is 0. The highest BCUT2D eigenvalue weighted by Crippen LogP contribution is 2.50. The second kappa shape index (κ2) is 9.65. The monoisotopic (exact) mass is 420 g/mol. The van der Waals surface area contributed by atoms with Crippen molar-refractivity contribution < 1.29 is 13.2 Å². The summed E-state index contributed by atoms with van der Waals surface area (Å²) in [4.78, 5) is 0. The molecule has 0 heterocycles. The van der Waals surface area contributed by atoms with Crippen LogP contribution in [0.2, 0.25) is 0 Å². The summed E-state index contributed by atoms with van der Waals surface area (Å²) in [7, 11) is 0. The van der Waals surface area contributed by atoms with E-state index in [0.29, 0.717) is 17.8 Å². The minimum Gasteiger partial charge on any atom is -0.212 e. The van der Waals surface area contributed by atoms with Crippen LogP contribution in [0.25, 0.3) is 0 Å². The fourth-order valence-corrected chi connectivity index (χ4v) is 6.83. The van der Waals surface area contributed by atoms with Gasteiger partial charge in [-0.05, 0) is 106 Å². The molecule has 0 bridgehead atoms. The van der Waals surface area contributed by atoms with E-state index in [4.69, 9.17) is 0 Å². The molecule has 0 aromatic rings. The van der Waals surface area contributed by atoms with Gasteiger partial charge in [0.1, 0.15) is 11.7 Å². The largest absolute Gasteiger partial charge is 0.212 e. The van der Waals surface area contributed by atoms with Crippen LogP contribution in [0.15, 0.2) is 35.7 Å². The molecule has 1 fully saturated rings. The summed E-state index contributed by atoms with van der Waals surface area (Å²) in [6, 6.07) is 0. The van der Waals surface area contributed by atoms with Crippen LogP contribution in [0.1, 0.15) is 84.5 Å². The third-order valence-corrected chi connectivity index (χ3v) is 8.92. The smallest absolute Gasteiger partial charge is 0.135 e. The van der Waals surface area contributed by atoms with E-state index in [1.807, 2.05) is 6.08 Å². The summed E-state index contributed by atoms with van der Waals surface area (Å²) in [5, 5.41) is 0. The van der Waals surface area contributed by atoms with E-state index >= 15 is 8.78 Å². The summed E-state index contributed by atoms with van der Waals surface area (Å²) in [6.45, 7) is 4.25. The average molecular weight is 421 g/mol. The van der Waals surface area contributed by atoms with Crippen LogP contribution < -0.4 is 0 Å². The molecule has 30 heavy (non-hydrogen) atoms. The number of hydrogen-bond acceptors (Lipinski definition) is 0. The van der Waals surface area contributed by atoms with E-state index in [-0.39, 0.29) is 35.4 Å². The van der Waals surface area contributed by atoms with Crippen LogP contribution >= 0.6 is 0 Å². The molecule has 4 rings (SSSR count). The van der Waals surface area contributed by atoms with E-state index < -0.39 is 11.7 Å². The predicted octanol–water partition coefficient (Wildman–Crippen LogP) is 8.86. The minimum absolute atomic E-state index is 0.0939. The SMILES string of the molecule is CC[C@H]1CC[C@@H](C2CCC(C3CCC([C@@H]4C=CC(C)CC4)C(F)=C3F)CC2)C=C1F. The van der Waals surface area contributed by atoms with Crippen LogP contribution in [0.5, 0.6) is 0 Å². The molecule has 3 unspecified atom stereocenters. The van der Waals surface area contributed by atoms with E-state index in [1.165, 1.54) is 0 Å². The van der Waals surface area contributed by atoms with Crippen molar-refractivity contribution in [1.29, 1.82) is 0 Å². The number of hydrogen-bond donors (Lipinski definition) is 0. The molecule has 3 heteroatoms. The van der Waals surface area contributed by atoms with Gasteiger partial charge >= 0.3 is 0 Å². The standard InChI is InChI=1S/C27H39F3/c1-3-18-8-13-22(16-25(18)28)19-9-11-21(12-10-19)24-15-14-23(26(29)27(24)30)20-6-4-17(2)5-7-20/h4,6,16-24H,3,5,7-15H2,1-2H3/t17?,18-,19?,20+,21?,22+,23?,24?/m0/s1. The molecule has 0 aromatic carbocycles. The van der Waals surface area contributed by atoms with Crippen LogP contribution in [-0.4, -0.2) is 0 Å². The highest BCUT2D eigenvalue weighted by Gasteiger charge is 2.40. The first-order valence-corrected chi connectivity index (χ1v) is 12.6. The van der Waals surface area contributed by atoms with Crippen molar-refractivity contribution >= 4 is 0 Å². The quantitative estimate of drug-likeness (QED) is 0.398. The third-order valence-electron chi connectivity index (χ3n) is 8.92. The lowest BCUT2D eigenvalue weighted by molar-refractivity contribution is 0.137. The Morgan fingerprint density at radius 2 is 1.33 bits per heavy atom. The Labute approximate surface area is 181 Å². The van der Waals surface area contributed by atoms with Crippen molar-refractivity contribution in [3.63, 3.8) is 0 Å². The number of allylic oxidation sites excluding steroid dienone is 6. The van der Waals surface area contributed by atoms with E-state index in [0.717, 1.165) is 70.6 Å². The zero-order chi connectivity index (χ0) is 21.3. The normalized spacial score (nSPS) is 42.9. The third kappa shape index (κ3) is 4.60. The maximum absolute atomic E-state index is 15.1. The zero-order valence-corrected chi connectivity index (χ0v) is 18.8. The van der Waals surface area contributed by atoms with Gasteiger partial charge in [-0.15, -0.1) is 0 Å². The van der Waals surface area contributed by atoms with Gasteiger partial charge < -0.3 is 0 Å². The molecule has 0 aliphatic heterocycles. The van der Waals surface area contributed by atoms with Crippen molar-refractivity contribution in [3.8, 4) is 0 Å². The molecule has 4 aliphatic rings. The first-order valence-electron chi connectivity index (χ1n) is 12.6. The average Bonchev–Trinajstić information content (AvgIpc) is 2.76. The van der Waals surface area contributed by atoms with Crippen molar-refractivity contribution in [2.45, 2.75) is 84.5 Å². The van der Waals surface area contributed by atoms with Gasteiger partial charge in [0.05, 0.1) is 5.83 Å². The molecule has 168 valence electrons. The minimum atomic E-state index is -0.444. The molecule has 0 N–H and O–H groups in total. The Balaban J connectivity index is 1.35. The van der Waals surface area contributed by atoms with Crippen LogP contribution in [0.4, 0.5) is 13.2 Å². The zero-order valence-electron chi connectivity index (χ0n) is 18.8. The summed E-state index contributed by atoms with van der Waals surface area (Å²) < 4.78 is 44.4. The van der Waals surface area contributed by atoms with E-state index in [1.54, 1.807) is 0 Å². The maximum atomic E-state index is 15.1. The molecule has 0 saturated heterocycles. The van der Waals surface area contributed by atoms with Gasteiger partial charge in [-0.3, -0.25) is 0 Å². The fraction of sp³-hybridized carbons (Fsp3) is 0.778. The van der Waals surface area contributed by atoms with Crippen molar-refractivity contribution in [3.05, 3.63) is 35.7 Å². The lowest BCUT2D eigenvalue weighted by atomic mass is 9.66. The fourth-order valence-electron chi connectivity index (χ4n) is 6.83. The Kier molecular flexibility index (Phi) is 7.15. The first kappa shape index (κ1) is 22.2. The second-order valence-electron chi connectivity index (χ2n) is 10.7. The molecule has 0 spiro atoms. The molecule has 0 radical (unpaired) electrons. The lowest BCUT2D eigenvalue weighted by Crippen LogP contribution is -2.31. The van der Waals surface area contributed by atoms with Gasteiger partial charge in [-0.1, -0.05) is 26.0 Å². The molecule has 4 aliphatic carbocycles. The van der Waals surface area contributed by atoms with Gasteiger partial charge in [0.2, 0.25) is 0 Å². The Morgan fingerprint density at radius 3 is 1.97 bits per heavy atom. The van der Waals surface area contributed by atoms with Gasteiger partial charge in [0.25, 0.3) is 0 Å². The molecule has 1 saturated carbocycles. The number of rotatable bonds is 4. The van der Waals surface area contributed by atoms with Gasteiger partial charge in [0.15, 0.2) is 0 Å². The topological polar surface area (TPSA) is 0 Å². The van der Waals surface area contributed by atoms with Crippen LogP contribution in [0, 0.1) is 47.3 Å². The second-order valence-corrected chi connectivity index (χ2v) is 10.7. The molecular formula is C27H39F3. The van der Waals surface area contributed by atoms with E-state index in [9.17, 15) is 4.39 Å². The summed E-state index contributed by atoms with van der Waals surface area (Å²) >= 11 is 0. The molecular weight excluding hydrogens is 381 g/mol. The highest BCUT2D eigenvalue weighted by atomic mass is 19.2. The summed E-state index contributed by atoms with van der Waals surface area (Å²) in [6.07, 6.45) is 16.8. The van der Waals surface area contributed by atoms with Gasteiger partial charge in [-0.2, -0.15) is 0 Å². The molecule has 0 amide bonds. The first-order chi connectivity index (χ1) is 14.5. The number of halogens is 3. The van der Waals surface area contributed by atoms with Crippen molar-refractivity contribution in [1.82, 2.24) is 0 Å². The van der Waals surface area contributed by atoms with Crippen molar-refractivity contribution in [2.24, 2.45) is 47.3 Å².